The van der Waals surface area contributed by atoms with Crippen LogP contribution in [0.2, 0.25) is 0 Å². The standard InChI is InChI=1S/C20H24N2O2/c1-2-19(16-6-4-3-5-7-16)20(23)21-17-8-10-18(11-9-17)22-12-14-24-15-13-22/h3-11,19H,2,12-15H2,1H3,(H,21,23)/t19-/m1/s1. The zero-order valence-corrected chi connectivity index (χ0v) is 14.1. The van der Waals surface area contributed by atoms with Crippen molar-refractivity contribution in [1.82, 2.24) is 0 Å². The van der Waals surface area contributed by atoms with Crippen molar-refractivity contribution in [3.8, 4) is 0 Å². The molecule has 126 valence electrons. The lowest BCUT2D eigenvalue weighted by Crippen LogP contribution is -2.36. The van der Waals surface area contributed by atoms with Crippen LogP contribution >= 0.6 is 0 Å². The molecule has 1 amide bonds. The number of carbonyl (C=O) groups is 1. The lowest BCUT2D eigenvalue weighted by Gasteiger charge is -2.29. The van der Waals surface area contributed by atoms with Crippen molar-refractivity contribution >= 4 is 17.3 Å². The molecule has 0 aliphatic carbocycles. The Kier molecular flexibility index (Phi) is 5.49. The Labute approximate surface area is 143 Å². The van der Waals surface area contributed by atoms with Crippen LogP contribution in [0.3, 0.4) is 0 Å². The highest BCUT2D eigenvalue weighted by Gasteiger charge is 2.18. The average Bonchev–Trinajstić information content (AvgIpc) is 2.64. The summed E-state index contributed by atoms with van der Waals surface area (Å²) in [7, 11) is 0. The summed E-state index contributed by atoms with van der Waals surface area (Å²) in [5.41, 5.74) is 3.07. The summed E-state index contributed by atoms with van der Waals surface area (Å²) in [5, 5.41) is 3.04. The molecular formula is C20H24N2O2. The van der Waals surface area contributed by atoms with Gasteiger partial charge in [-0.3, -0.25) is 4.79 Å². The molecule has 1 atom stereocenters. The third kappa shape index (κ3) is 3.95. The van der Waals surface area contributed by atoms with Crippen molar-refractivity contribution in [2.75, 3.05) is 36.5 Å². The van der Waals surface area contributed by atoms with E-state index in [4.69, 9.17) is 4.74 Å². The molecule has 0 spiro atoms. The molecular weight excluding hydrogens is 300 g/mol. The van der Waals surface area contributed by atoms with Gasteiger partial charge in [0.25, 0.3) is 0 Å². The summed E-state index contributed by atoms with van der Waals surface area (Å²) >= 11 is 0. The van der Waals surface area contributed by atoms with Gasteiger partial charge in [0.05, 0.1) is 19.1 Å². The molecule has 1 saturated heterocycles. The van der Waals surface area contributed by atoms with E-state index < -0.39 is 0 Å². The van der Waals surface area contributed by atoms with Gasteiger partial charge in [0.15, 0.2) is 0 Å². The fraction of sp³-hybridized carbons (Fsp3) is 0.350. The Balaban J connectivity index is 1.65. The number of carbonyl (C=O) groups excluding carboxylic acids is 1. The van der Waals surface area contributed by atoms with Crippen LogP contribution in [-0.2, 0) is 9.53 Å². The number of hydrogen-bond donors (Lipinski definition) is 1. The second-order valence-corrected chi connectivity index (χ2v) is 6.01. The van der Waals surface area contributed by atoms with Gasteiger partial charge in [-0.05, 0) is 36.2 Å². The zero-order valence-electron chi connectivity index (χ0n) is 14.1. The molecule has 1 N–H and O–H groups in total. The monoisotopic (exact) mass is 324 g/mol. The molecule has 0 bridgehead atoms. The molecule has 0 unspecified atom stereocenters. The highest BCUT2D eigenvalue weighted by Crippen LogP contribution is 2.23. The van der Waals surface area contributed by atoms with E-state index in [0.29, 0.717) is 0 Å². The van der Waals surface area contributed by atoms with Gasteiger partial charge in [-0.25, -0.2) is 0 Å². The normalized spacial score (nSPS) is 15.8. The smallest absolute Gasteiger partial charge is 0.231 e. The van der Waals surface area contributed by atoms with E-state index in [1.54, 1.807) is 0 Å². The number of nitrogens with one attached hydrogen (secondary N) is 1. The number of hydrogen-bond acceptors (Lipinski definition) is 3. The summed E-state index contributed by atoms with van der Waals surface area (Å²) in [6.07, 6.45) is 0.779. The summed E-state index contributed by atoms with van der Waals surface area (Å²) < 4.78 is 5.38. The quantitative estimate of drug-likeness (QED) is 0.912. The van der Waals surface area contributed by atoms with E-state index in [9.17, 15) is 4.79 Å². The lowest BCUT2D eigenvalue weighted by molar-refractivity contribution is -0.117. The molecule has 4 nitrogen and oxygen atoms in total. The third-order valence-electron chi connectivity index (χ3n) is 4.44. The van der Waals surface area contributed by atoms with Gasteiger partial charge in [-0.15, -0.1) is 0 Å². The highest BCUT2D eigenvalue weighted by molar-refractivity contribution is 5.95. The number of nitrogens with zero attached hydrogens (tertiary/aromatic N) is 1. The summed E-state index contributed by atoms with van der Waals surface area (Å²) in [4.78, 5) is 14.9. The molecule has 3 rings (SSSR count). The van der Waals surface area contributed by atoms with E-state index in [-0.39, 0.29) is 11.8 Å². The largest absolute Gasteiger partial charge is 0.378 e. The second kappa shape index (κ2) is 7.97. The van der Waals surface area contributed by atoms with Gasteiger partial charge >= 0.3 is 0 Å². The number of ether oxygens (including phenoxy) is 1. The van der Waals surface area contributed by atoms with Gasteiger partial charge in [0, 0.05) is 24.5 Å². The molecule has 24 heavy (non-hydrogen) atoms. The molecule has 2 aromatic carbocycles. The van der Waals surface area contributed by atoms with Crippen LogP contribution < -0.4 is 10.2 Å². The Morgan fingerprint density at radius 3 is 2.38 bits per heavy atom. The second-order valence-electron chi connectivity index (χ2n) is 6.01. The molecule has 1 heterocycles. The van der Waals surface area contributed by atoms with Crippen LogP contribution in [-0.4, -0.2) is 32.2 Å². The number of benzene rings is 2. The van der Waals surface area contributed by atoms with E-state index in [1.807, 2.05) is 49.4 Å². The molecule has 0 aromatic heterocycles. The fourth-order valence-corrected chi connectivity index (χ4v) is 3.06. The lowest BCUT2D eigenvalue weighted by atomic mass is 9.95. The molecule has 1 aliphatic heterocycles. The Morgan fingerprint density at radius 1 is 1.08 bits per heavy atom. The van der Waals surface area contributed by atoms with Gasteiger partial charge < -0.3 is 15.0 Å². The summed E-state index contributed by atoms with van der Waals surface area (Å²) in [6, 6.07) is 18.0. The number of rotatable bonds is 5. The minimum Gasteiger partial charge on any atom is -0.378 e. The van der Waals surface area contributed by atoms with Gasteiger partial charge in [-0.1, -0.05) is 37.3 Å². The van der Waals surface area contributed by atoms with Crippen molar-refractivity contribution in [3.63, 3.8) is 0 Å². The maximum atomic E-state index is 12.6. The van der Waals surface area contributed by atoms with Crippen LogP contribution in [0.25, 0.3) is 0 Å². The van der Waals surface area contributed by atoms with Crippen molar-refractivity contribution in [1.29, 1.82) is 0 Å². The first-order valence-corrected chi connectivity index (χ1v) is 8.56. The fourth-order valence-electron chi connectivity index (χ4n) is 3.06. The van der Waals surface area contributed by atoms with E-state index in [2.05, 4.69) is 22.3 Å². The van der Waals surface area contributed by atoms with Crippen LogP contribution in [0.15, 0.2) is 54.6 Å². The first-order chi connectivity index (χ1) is 11.8. The summed E-state index contributed by atoms with van der Waals surface area (Å²) in [6.45, 7) is 5.41. The predicted molar refractivity (Wildman–Crippen MR) is 97.6 cm³/mol. The SMILES string of the molecule is CC[C@@H](C(=O)Nc1ccc(N2CCOCC2)cc1)c1ccccc1. The van der Waals surface area contributed by atoms with Crippen LogP contribution in [0, 0.1) is 0 Å². The molecule has 0 saturated carbocycles. The molecule has 2 aromatic rings. The van der Waals surface area contributed by atoms with Gasteiger partial charge in [0.1, 0.15) is 0 Å². The van der Waals surface area contributed by atoms with Crippen molar-refractivity contribution in [2.45, 2.75) is 19.3 Å². The Hall–Kier alpha value is -2.33. The number of amides is 1. The summed E-state index contributed by atoms with van der Waals surface area (Å²) in [5.74, 6) is -0.0760. The van der Waals surface area contributed by atoms with E-state index in [1.165, 1.54) is 5.69 Å². The van der Waals surface area contributed by atoms with Crippen LogP contribution in [0.4, 0.5) is 11.4 Å². The molecule has 4 heteroatoms. The highest BCUT2D eigenvalue weighted by atomic mass is 16.5. The van der Waals surface area contributed by atoms with Crippen molar-refractivity contribution in [2.24, 2.45) is 0 Å². The number of anilines is 2. The average molecular weight is 324 g/mol. The maximum absolute atomic E-state index is 12.6. The third-order valence-corrected chi connectivity index (χ3v) is 4.44. The van der Waals surface area contributed by atoms with Crippen LogP contribution in [0.5, 0.6) is 0 Å². The zero-order chi connectivity index (χ0) is 16.8. The van der Waals surface area contributed by atoms with Crippen molar-refractivity contribution in [3.05, 3.63) is 60.2 Å². The minimum atomic E-state index is -0.120. The predicted octanol–water partition coefficient (Wildman–Crippen LogP) is 3.66. The Bertz CT molecular complexity index is 649. The molecule has 0 radical (unpaired) electrons. The van der Waals surface area contributed by atoms with E-state index >= 15 is 0 Å². The topological polar surface area (TPSA) is 41.6 Å². The van der Waals surface area contributed by atoms with Gasteiger partial charge in [0.2, 0.25) is 5.91 Å². The van der Waals surface area contributed by atoms with Crippen LogP contribution in [0.1, 0.15) is 24.8 Å². The first kappa shape index (κ1) is 16.5. The van der Waals surface area contributed by atoms with E-state index in [0.717, 1.165) is 44.0 Å². The molecule has 1 fully saturated rings. The first-order valence-electron chi connectivity index (χ1n) is 8.56. The minimum absolute atomic E-state index is 0.0443. The molecule has 1 aliphatic rings. The van der Waals surface area contributed by atoms with Crippen molar-refractivity contribution < 1.29 is 9.53 Å². The Morgan fingerprint density at radius 2 is 1.75 bits per heavy atom. The number of morpholine rings is 1. The van der Waals surface area contributed by atoms with Gasteiger partial charge in [-0.2, -0.15) is 0 Å². The maximum Gasteiger partial charge on any atom is 0.231 e.